The molecule has 1 amide bonds. The normalized spacial score (nSPS) is 11.6. The van der Waals surface area contributed by atoms with E-state index in [-0.39, 0.29) is 11.9 Å². The van der Waals surface area contributed by atoms with E-state index >= 15 is 0 Å². The molecule has 5 heteroatoms. The summed E-state index contributed by atoms with van der Waals surface area (Å²) in [5.74, 6) is -0.152. The first-order chi connectivity index (χ1) is 13.0. The molecule has 144 valence electrons. The van der Waals surface area contributed by atoms with Gasteiger partial charge in [-0.25, -0.2) is 4.79 Å². The lowest BCUT2D eigenvalue weighted by molar-refractivity contribution is 0.0428. The Morgan fingerprint density at radius 2 is 1.63 bits per heavy atom. The van der Waals surface area contributed by atoms with Crippen LogP contribution < -0.4 is 11.1 Å². The Hall–Kier alpha value is -2.82. The monoisotopic (exact) mass is 368 g/mol. The topological polar surface area (TPSA) is 81.4 Å². The second kappa shape index (κ2) is 10.4. The zero-order valence-electron chi connectivity index (χ0n) is 16.0. The maximum atomic E-state index is 12.2. The minimum atomic E-state index is -0.332. The minimum absolute atomic E-state index is 0.230. The molecule has 0 bridgehead atoms. The number of ether oxygens (including phenoxy) is 1. The number of hydrogen-bond acceptors (Lipinski definition) is 4. The number of carbonyl (C=O) groups excluding carboxylic acids is 2. The van der Waals surface area contributed by atoms with Crippen molar-refractivity contribution in [2.45, 2.75) is 39.5 Å². The highest BCUT2D eigenvalue weighted by Gasteiger charge is 2.12. The number of rotatable bonds is 9. The Kier molecular flexibility index (Phi) is 7.86. The van der Waals surface area contributed by atoms with Gasteiger partial charge in [-0.3, -0.25) is 4.79 Å². The zero-order valence-corrected chi connectivity index (χ0v) is 16.0. The molecule has 2 rings (SSSR count). The third kappa shape index (κ3) is 6.44. The van der Waals surface area contributed by atoms with Gasteiger partial charge >= 0.3 is 5.97 Å². The first-order valence-electron chi connectivity index (χ1n) is 9.47. The second-order valence-corrected chi connectivity index (χ2v) is 6.67. The summed E-state index contributed by atoms with van der Waals surface area (Å²) in [5.41, 5.74) is 7.84. The van der Waals surface area contributed by atoms with Crippen LogP contribution in [-0.4, -0.2) is 18.5 Å². The molecule has 3 N–H and O–H groups in total. The molecule has 0 spiro atoms. The number of anilines is 2. The molecule has 2 aromatic rings. The molecule has 0 fully saturated rings. The number of nitrogens with one attached hydrogen (secondary N) is 1. The van der Waals surface area contributed by atoms with E-state index in [9.17, 15) is 9.59 Å². The van der Waals surface area contributed by atoms with E-state index in [0.29, 0.717) is 35.0 Å². The number of benzene rings is 2. The highest BCUT2D eigenvalue weighted by molar-refractivity contribution is 6.04. The number of nitrogen functional groups attached to an aromatic ring is 1. The molecular formula is C22H28N2O3. The maximum absolute atomic E-state index is 12.2. The lowest BCUT2D eigenvalue weighted by Crippen LogP contribution is -2.14. The molecular weight excluding hydrogens is 340 g/mol. The summed E-state index contributed by atoms with van der Waals surface area (Å²) < 4.78 is 5.44. The number of nitrogens with two attached hydrogens (primary N) is 1. The van der Waals surface area contributed by atoms with Crippen LogP contribution in [0.3, 0.4) is 0 Å². The first-order valence-corrected chi connectivity index (χ1v) is 9.47. The molecule has 0 aliphatic heterocycles. The van der Waals surface area contributed by atoms with Crippen LogP contribution in [0, 0.1) is 5.92 Å². The molecule has 5 nitrogen and oxygen atoms in total. The molecule has 0 radical (unpaired) electrons. The van der Waals surface area contributed by atoms with Crippen LogP contribution in [0.5, 0.6) is 0 Å². The van der Waals surface area contributed by atoms with Crippen molar-refractivity contribution in [3.05, 3.63) is 59.7 Å². The standard InChI is InChI=1S/C22H28N2O3/c1-3-5-6-16(4-2)15-27-22(26)18-9-13-20(14-10-18)24-21(25)17-7-11-19(23)12-8-17/h7-14,16H,3-6,15,23H2,1-2H3,(H,24,25). The number of amides is 1. The summed E-state index contributed by atoms with van der Waals surface area (Å²) in [7, 11) is 0. The molecule has 0 heterocycles. The molecule has 1 unspecified atom stereocenters. The lowest BCUT2D eigenvalue weighted by atomic mass is 10.0. The largest absolute Gasteiger partial charge is 0.462 e. The summed E-state index contributed by atoms with van der Waals surface area (Å²) in [6.45, 7) is 4.73. The zero-order chi connectivity index (χ0) is 19.6. The number of unbranched alkanes of at least 4 members (excludes halogenated alkanes) is 1. The van der Waals surface area contributed by atoms with Crippen LogP contribution in [0.1, 0.15) is 60.2 Å². The maximum Gasteiger partial charge on any atom is 0.338 e. The van der Waals surface area contributed by atoms with E-state index in [1.54, 1.807) is 48.5 Å². The number of hydrogen-bond donors (Lipinski definition) is 2. The van der Waals surface area contributed by atoms with Crippen molar-refractivity contribution >= 4 is 23.3 Å². The molecule has 0 saturated carbocycles. The van der Waals surface area contributed by atoms with Crippen LogP contribution in [0.15, 0.2) is 48.5 Å². The van der Waals surface area contributed by atoms with E-state index in [4.69, 9.17) is 10.5 Å². The van der Waals surface area contributed by atoms with Crippen LogP contribution in [0.4, 0.5) is 11.4 Å². The summed E-state index contributed by atoms with van der Waals surface area (Å²) in [6.07, 6.45) is 4.38. The van der Waals surface area contributed by atoms with Gasteiger partial charge in [0.15, 0.2) is 0 Å². The van der Waals surface area contributed by atoms with E-state index in [1.807, 2.05) is 0 Å². The van der Waals surface area contributed by atoms with Crippen molar-refractivity contribution in [1.29, 1.82) is 0 Å². The second-order valence-electron chi connectivity index (χ2n) is 6.67. The van der Waals surface area contributed by atoms with Gasteiger partial charge in [0.1, 0.15) is 0 Å². The van der Waals surface area contributed by atoms with Crippen LogP contribution >= 0.6 is 0 Å². The Morgan fingerprint density at radius 1 is 1.00 bits per heavy atom. The van der Waals surface area contributed by atoms with Crippen molar-refractivity contribution in [1.82, 2.24) is 0 Å². The lowest BCUT2D eigenvalue weighted by Gasteiger charge is -2.14. The third-order valence-corrected chi connectivity index (χ3v) is 4.54. The quantitative estimate of drug-likeness (QED) is 0.487. The molecule has 27 heavy (non-hydrogen) atoms. The fraction of sp³-hybridized carbons (Fsp3) is 0.364. The predicted molar refractivity (Wildman–Crippen MR) is 109 cm³/mol. The average Bonchev–Trinajstić information content (AvgIpc) is 2.69. The van der Waals surface area contributed by atoms with Gasteiger partial charge in [-0.1, -0.05) is 33.1 Å². The van der Waals surface area contributed by atoms with Crippen LogP contribution in [-0.2, 0) is 4.74 Å². The smallest absolute Gasteiger partial charge is 0.338 e. The Balaban J connectivity index is 1.89. The molecule has 2 aromatic carbocycles. The fourth-order valence-corrected chi connectivity index (χ4v) is 2.70. The van der Waals surface area contributed by atoms with Crippen molar-refractivity contribution < 1.29 is 14.3 Å². The predicted octanol–water partition coefficient (Wildman–Crippen LogP) is 4.89. The molecule has 1 atom stereocenters. The van der Waals surface area contributed by atoms with Crippen molar-refractivity contribution in [3.8, 4) is 0 Å². The molecule has 0 saturated heterocycles. The summed E-state index contributed by atoms with van der Waals surface area (Å²) >= 11 is 0. The summed E-state index contributed by atoms with van der Waals surface area (Å²) in [4.78, 5) is 24.4. The van der Waals surface area contributed by atoms with Gasteiger partial charge in [-0.15, -0.1) is 0 Å². The Labute approximate surface area is 160 Å². The van der Waals surface area contributed by atoms with Gasteiger partial charge in [0.25, 0.3) is 5.91 Å². The summed E-state index contributed by atoms with van der Waals surface area (Å²) in [6, 6.07) is 13.4. The highest BCUT2D eigenvalue weighted by atomic mass is 16.5. The van der Waals surface area contributed by atoms with Crippen molar-refractivity contribution in [2.75, 3.05) is 17.7 Å². The molecule has 0 aliphatic rings. The van der Waals surface area contributed by atoms with Crippen molar-refractivity contribution in [3.63, 3.8) is 0 Å². The Bertz CT molecular complexity index is 739. The van der Waals surface area contributed by atoms with E-state index in [1.165, 1.54) is 0 Å². The van der Waals surface area contributed by atoms with Gasteiger partial charge in [0.05, 0.1) is 12.2 Å². The van der Waals surface area contributed by atoms with Gasteiger partial charge in [-0.2, -0.15) is 0 Å². The SMILES string of the molecule is CCCCC(CC)COC(=O)c1ccc(NC(=O)c2ccc(N)cc2)cc1. The third-order valence-electron chi connectivity index (χ3n) is 4.54. The van der Waals surface area contributed by atoms with Gasteiger partial charge in [0, 0.05) is 16.9 Å². The summed E-state index contributed by atoms with van der Waals surface area (Å²) in [5, 5.41) is 2.79. The number of esters is 1. The fourth-order valence-electron chi connectivity index (χ4n) is 2.70. The first kappa shape index (κ1) is 20.5. The van der Waals surface area contributed by atoms with Crippen LogP contribution in [0.25, 0.3) is 0 Å². The van der Waals surface area contributed by atoms with Gasteiger partial charge in [-0.05, 0) is 60.9 Å². The van der Waals surface area contributed by atoms with E-state index in [2.05, 4.69) is 19.2 Å². The van der Waals surface area contributed by atoms with Crippen LogP contribution in [0.2, 0.25) is 0 Å². The average molecular weight is 368 g/mol. The van der Waals surface area contributed by atoms with Crippen molar-refractivity contribution in [2.24, 2.45) is 5.92 Å². The van der Waals surface area contributed by atoms with Gasteiger partial charge < -0.3 is 15.8 Å². The minimum Gasteiger partial charge on any atom is -0.462 e. The Morgan fingerprint density at radius 3 is 2.22 bits per heavy atom. The molecule has 0 aromatic heterocycles. The van der Waals surface area contributed by atoms with E-state index < -0.39 is 0 Å². The molecule has 0 aliphatic carbocycles. The van der Waals surface area contributed by atoms with E-state index in [0.717, 1.165) is 25.7 Å². The number of carbonyl (C=O) groups is 2. The highest BCUT2D eigenvalue weighted by Crippen LogP contribution is 2.16. The van der Waals surface area contributed by atoms with Gasteiger partial charge in [0.2, 0.25) is 0 Å².